The summed E-state index contributed by atoms with van der Waals surface area (Å²) in [6, 6.07) is 0. The fraction of sp³-hybridized carbons (Fsp3) is 0.909. The van der Waals surface area contributed by atoms with Crippen LogP contribution in [0.2, 0.25) is 0 Å². The third kappa shape index (κ3) is 1.92. The van der Waals surface area contributed by atoms with Crippen molar-refractivity contribution in [2.75, 3.05) is 13.1 Å². The van der Waals surface area contributed by atoms with Gasteiger partial charge in [0.05, 0.1) is 12.5 Å². The minimum Gasteiger partial charge on any atom is -0.391 e. The first-order valence-electron chi connectivity index (χ1n) is 5.62. The van der Waals surface area contributed by atoms with Crippen LogP contribution in [-0.2, 0) is 4.79 Å². The normalized spacial score (nSPS) is 30.6. The maximum Gasteiger partial charge on any atom is 0.225 e. The Bertz CT molecular complexity index is 225. The van der Waals surface area contributed by atoms with Crippen molar-refractivity contribution in [2.24, 2.45) is 11.8 Å². The predicted molar refractivity (Wildman–Crippen MR) is 53.7 cm³/mol. The van der Waals surface area contributed by atoms with Crippen LogP contribution in [-0.4, -0.2) is 35.1 Å². The first-order valence-corrected chi connectivity index (χ1v) is 5.62. The fourth-order valence-electron chi connectivity index (χ4n) is 2.43. The van der Waals surface area contributed by atoms with E-state index in [4.69, 9.17) is 0 Å². The number of amides is 1. The molecular weight excluding hydrogens is 178 g/mol. The average molecular weight is 197 g/mol. The van der Waals surface area contributed by atoms with Crippen LogP contribution in [0.1, 0.15) is 32.6 Å². The maximum atomic E-state index is 11.4. The van der Waals surface area contributed by atoms with Gasteiger partial charge in [0, 0.05) is 13.1 Å². The summed E-state index contributed by atoms with van der Waals surface area (Å²) < 4.78 is 0. The number of likely N-dealkylation sites (tertiary alicyclic amines) is 1. The van der Waals surface area contributed by atoms with Crippen LogP contribution in [0, 0.1) is 11.8 Å². The molecule has 1 saturated carbocycles. The zero-order valence-corrected chi connectivity index (χ0v) is 8.78. The van der Waals surface area contributed by atoms with Gasteiger partial charge in [0.15, 0.2) is 0 Å². The number of rotatable bonds is 3. The molecule has 0 aromatic rings. The maximum absolute atomic E-state index is 11.4. The van der Waals surface area contributed by atoms with E-state index in [0.717, 1.165) is 12.5 Å². The number of hydrogen-bond acceptors (Lipinski definition) is 2. The second-order valence-corrected chi connectivity index (χ2v) is 4.82. The molecule has 2 fully saturated rings. The Hall–Kier alpha value is -0.570. The molecule has 3 nitrogen and oxygen atoms in total. The fourth-order valence-corrected chi connectivity index (χ4v) is 2.43. The summed E-state index contributed by atoms with van der Waals surface area (Å²) in [4.78, 5) is 13.2. The molecule has 80 valence electrons. The molecule has 0 bridgehead atoms. The van der Waals surface area contributed by atoms with Gasteiger partial charge in [-0.1, -0.05) is 26.2 Å². The quantitative estimate of drug-likeness (QED) is 0.733. The molecular formula is C11H19NO2. The van der Waals surface area contributed by atoms with Crippen molar-refractivity contribution < 1.29 is 9.90 Å². The molecule has 14 heavy (non-hydrogen) atoms. The van der Waals surface area contributed by atoms with Crippen LogP contribution >= 0.6 is 0 Å². The highest BCUT2D eigenvalue weighted by Gasteiger charge is 2.32. The Morgan fingerprint density at radius 3 is 2.71 bits per heavy atom. The molecule has 0 aromatic heterocycles. The van der Waals surface area contributed by atoms with Gasteiger partial charge in [-0.05, 0) is 11.8 Å². The Balaban J connectivity index is 1.81. The molecule has 1 heterocycles. The summed E-state index contributed by atoms with van der Waals surface area (Å²) in [5.41, 5.74) is 0. The van der Waals surface area contributed by atoms with Crippen molar-refractivity contribution in [3.63, 3.8) is 0 Å². The molecule has 1 N–H and O–H groups in total. The number of β-amino-alcohol motifs (C(OH)–C–C–N with tert-alkyl or cyclic N) is 1. The Morgan fingerprint density at radius 2 is 2.29 bits per heavy atom. The minimum absolute atomic E-state index is 0.128. The van der Waals surface area contributed by atoms with Crippen molar-refractivity contribution in [2.45, 2.75) is 38.7 Å². The van der Waals surface area contributed by atoms with Crippen molar-refractivity contribution >= 4 is 5.91 Å². The molecule has 2 aliphatic rings. The zero-order chi connectivity index (χ0) is 10.1. The van der Waals surface area contributed by atoms with Crippen LogP contribution in [0.3, 0.4) is 0 Å². The Labute approximate surface area is 85.1 Å². The van der Waals surface area contributed by atoms with Crippen LogP contribution in [0.25, 0.3) is 0 Å². The third-order valence-electron chi connectivity index (χ3n) is 3.66. The highest BCUT2D eigenvalue weighted by atomic mass is 16.3. The van der Waals surface area contributed by atoms with Crippen LogP contribution < -0.4 is 0 Å². The number of carbonyl (C=O) groups excluding carboxylic acids is 1. The van der Waals surface area contributed by atoms with Crippen LogP contribution in [0.5, 0.6) is 0 Å². The smallest absolute Gasteiger partial charge is 0.225 e. The molecule has 2 rings (SSSR count). The predicted octanol–water partition coefficient (Wildman–Crippen LogP) is 1.02. The van der Waals surface area contributed by atoms with Gasteiger partial charge in [0.1, 0.15) is 0 Å². The second-order valence-electron chi connectivity index (χ2n) is 4.82. The van der Waals surface area contributed by atoms with Gasteiger partial charge < -0.3 is 10.0 Å². The average Bonchev–Trinajstić information content (AvgIpc) is 2.26. The first-order chi connectivity index (χ1) is 6.66. The van der Waals surface area contributed by atoms with E-state index >= 15 is 0 Å². The van der Waals surface area contributed by atoms with Gasteiger partial charge in [-0.3, -0.25) is 4.79 Å². The number of aliphatic hydroxyl groups is 1. The van der Waals surface area contributed by atoms with E-state index in [2.05, 4.69) is 6.92 Å². The summed E-state index contributed by atoms with van der Waals surface area (Å²) in [7, 11) is 0. The van der Waals surface area contributed by atoms with E-state index in [1.54, 1.807) is 0 Å². The first kappa shape index (κ1) is 9.97. The second kappa shape index (κ2) is 3.89. The Kier molecular flexibility index (Phi) is 2.77. The van der Waals surface area contributed by atoms with E-state index in [1.165, 1.54) is 19.3 Å². The summed E-state index contributed by atoms with van der Waals surface area (Å²) >= 11 is 0. The Morgan fingerprint density at radius 1 is 1.57 bits per heavy atom. The van der Waals surface area contributed by atoms with Crippen LogP contribution in [0.15, 0.2) is 0 Å². The summed E-state index contributed by atoms with van der Waals surface area (Å²) in [5, 5.41) is 9.33. The lowest BCUT2D eigenvalue weighted by molar-refractivity contribution is -0.128. The lowest BCUT2D eigenvalue weighted by atomic mass is 9.76. The third-order valence-corrected chi connectivity index (χ3v) is 3.66. The van der Waals surface area contributed by atoms with E-state index in [1.807, 2.05) is 4.90 Å². The molecule has 0 radical (unpaired) electrons. The molecule has 1 saturated heterocycles. The molecule has 1 aliphatic heterocycles. The summed E-state index contributed by atoms with van der Waals surface area (Å²) in [6.45, 7) is 3.62. The number of carbonyl (C=O) groups is 1. The van der Waals surface area contributed by atoms with Gasteiger partial charge in [-0.25, -0.2) is 0 Å². The summed E-state index contributed by atoms with van der Waals surface area (Å²) in [6.07, 6.45) is 3.91. The molecule has 2 atom stereocenters. The van der Waals surface area contributed by atoms with Gasteiger partial charge in [0.25, 0.3) is 0 Å². The zero-order valence-electron chi connectivity index (χ0n) is 8.78. The van der Waals surface area contributed by atoms with Crippen molar-refractivity contribution in [3.8, 4) is 0 Å². The van der Waals surface area contributed by atoms with Crippen molar-refractivity contribution in [3.05, 3.63) is 0 Å². The molecule has 1 aliphatic carbocycles. The van der Waals surface area contributed by atoms with E-state index in [9.17, 15) is 9.90 Å². The van der Waals surface area contributed by atoms with Gasteiger partial charge >= 0.3 is 0 Å². The lowest BCUT2D eigenvalue weighted by Crippen LogP contribution is -2.35. The SMILES string of the molecule is CC(CN1CC(O)CC1=O)C1CCC1. The molecule has 3 heteroatoms. The van der Waals surface area contributed by atoms with Gasteiger partial charge in [0.2, 0.25) is 5.91 Å². The van der Waals surface area contributed by atoms with Gasteiger partial charge in [-0.2, -0.15) is 0 Å². The van der Waals surface area contributed by atoms with E-state index in [-0.39, 0.29) is 5.91 Å². The van der Waals surface area contributed by atoms with Crippen molar-refractivity contribution in [1.29, 1.82) is 0 Å². The molecule has 1 amide bonds. The monoisotopic (exact) mass is 197 g/mol. The van der Waals surface area contributed by atoms with Crippen molar-refractivity contribution in [1.82, 2.24) is 4.90 Å². The molecule has 2 unspecified atom stereocenters. The number of aliphatic hydroxyl groups excluding tert-OH is 1. The standard InChI is InChI=1S/C11H19NO2/c1-8(9-3-2-4-9)6-12-7-10(13)5-11(12)14/h8-10,13H,2-7H2,1H3. The highest BCUT2D eigenvalue weighted by Crippen LogP contribution is 2.34. The van der Waals surface area contributed by atoms with E-state index in [0.29, 0.717) is 18.9 Å². The minimum atomic E-state index is -0.420. The van der Waals surface area contributed by atoms with Gasteiger partial charge in [-0.15, -0.1) is 0 Å². The molecule has 0 spiro atoms. The topological polar surface area (TPSA) is 40.5 Å². The van der Waals surface area contributed by atoms with Crippen LogP contribution in [0.4, 0.5) is 0 Å². The largest absolute Gasteiger partial charge is 0.391 e. The number of nitrogens with zero attached hydrogens (tertiary/aromatic N) is 1. The summed E-state index contributed by atoms with van der Waals surface area (Å²) in [5.74, 6) is 1.56. The highest BCUT2D eigenvalue weighted by molar-refractivity contribution is 5.78. The lowest BCUT2D eigenvalue weighted by Gasteiger charge is -2.33. The van der Waals surface area contributed by atoms with E-state index < -0.39 is 6.10 Å². The number of hydrogen-bond donors (Lipinski definition) is 1. The molecule has 0 aromatic carbocycles.